The van der Waals surface area contributed by atoms with Gasteiger partial charge in [0.25, 0.3) is 0 Å². The number of nitrogens with one attached hydrogen (secondary N) is 2. The van der Waals surface area contributed by atoms with Crippen molar-refractivity contribution in [2.45, 2.75) is 6.92 Å². The molecule has 0 aromatic heterocycles. The highest BCUT2D eigenvalue weighted by atomic mass is 16.5. The van der Waals surface area contributed by atoms with Crippen LogP contribution in [0, 0.1) is 0 Å². The van der Waals surface area contributed by atoms with E-state index in [0.29, 0.717) is 29.4 Å². The fraction of sp³-hybridized carbons (Fsp3) is 0.120. The number of rotatable bonds is 8. The van der Waals surface area contributed by atoms with Crippen LogP contribution in [0.3, 0.4) is 0 Å². The topological polar surface area (TPSA) is 115 Å². The van der Waals surface area contributed by atoms with Gasteiger partial charge in [0.05, 0.1) is 19.9 Å². The Hall–Kier alpha value is -4.66. The average molecular weight is 461 g/mol. The first-order valence-corrected chi connectivity index (χ1v) is 10.3. The molecule has 3 aromatic rings. The second-order valence-corrected chi connectivity index (χ2v) is 6.77. The van der Waals surface area contributed by atoms with E-state index < -0.39 is 17.8 Å². The second-order valence-electron chi connectivity index (χ2n) is 6.77. The minimum atomic E-state index is -0.941. The quantitative estimate of drug-likeness (QED) is 0.175. The number of carbonyl (C=O) groups is 3. The summed E-state index contributed by atoms with van der Waals surface area (Å²) >= 11 is 0. The maximum atomic E-state index is 12.4. The van der Waals surface area contributed by atoms with Crippen molar-refractivity contribution in [3.8, 4) is 17.2 Å². The zero-order chi connectivity index (χ0) is 24.3. The van der Waals surface area contributed by atoms with Crippen LogP contribution in [-0.2, 0) is 9.59 Å². The summed E-state index contributed by atoms with van der Waals surface area (Å²) < 4.78 is 15.9. The zero-order valence-corrected chi connectivity index (χ0v) is 18.6. The number of amides is 2. The van der Waals surface area contributed by atoms with E-state index in [4.69, 9.17) is 14.2 Å². The molecule has 0 bridgehead atoms. The van der Waals surface area contributed by atoms with Crippen molar-refractivity contribution in [3.05, 3.63) is 83.9 Å². The van der Waals surface area contributed by atoms with Crippen LogP contribution in [0.1, 0.15) is 22.8 Å². The largest absolute Gasteiger partial charge is 0.496 e. The summed E-state index contributed by atoms with van der Waals surface area (Å²) in [4.78, 5) is 36.5. The van der Waals surface area contributed by atoms with Crippen LogP contribution in [-0.4, -0.2) is 37.7 Å². The van der Waals surface area contributed by atoms with Crippen LogP contribution >= 0.6 is 0 Å². The first-order chi connectivity index (χ1) is 16.5. The molecule has 0 heterocycles. The van der Waals surface area contributed by atoms with Crippen LogP contribution < -0.4 is 25.0 Å². The normalized spacial score (nSPS) is 10.4. The van der Waals surface area contributed by atoms with E-state index in [2.05, 4.69) is 15.8 Å². The third kappa shape index (κ3) is 6.67. The predicted molar refractivity (Wildman–Crippen MR) is 126 cm³/mol. The highest BCUT2D eigenvalue weighted by Gasteiger charge is 2.15. The molecule has 0 unspecified atom stereocenters. The van der Waals surface area contributed by atoms with Crippen molar-refractivity contribution >= 4 is 29.7 Å². The number of nitrogens with zero attached hydrogens (tertiary/aromatic N) is 1. The van der Waals surface area contributed by atoms with Gasteiger partial charge in [-0.2, -0.15) is 5.10 Å². The van der Waals surface area contributed by atoms with Crippen molar-refractivity contribution in [1.82, 2.24) is 5.43 Å². The Balaban J connectivity index is 1.55. The Morgan fingerprint density at radius 2 is 1.68 bits per heavy atom. The standard InChI is InChI=1S/C25H23N3O6/c1-3-33-19-13-11-18(12-14-19)27-23(29)24(30)28-26-16-17-7-6-8-20(15-17)34-25(31)21-9-4-5-10-22(21)32-2/h4-16H,3H2,1-2H3,(H,27,29)(H,28,30)/b26-16+. The Labute approximate surface area is 196 Å². The van der Waals surface area contributed by atoms with Gasteiger partial charge in [-0.1, -0.05) is 24.3 Å². The van der Waals surface area contributed by atoms with E-state index in [9.17, 15) is 14.4 Å². The third-order valence-corrected chi connectivity index (χ3v) is 4.40. The number of ether oxygens (including phenoxy) is 3. The first kappa shape index (κ1) is 24.0. The fourth-order valence-electron chi connectivity index (χ4n) is 2.84. The summed E-state index contributed by atoms with van der Waals surface area (Å²) in [5.74, 6) is -1.06. The molecule has 174 valence electrons. The van der Waals surface area contributed by atoms with E-state index in [0.717, 1.165) is 0 Å². The molecular weight excluding hydrogens is 438 g/mol. The summed E-state index contributed by atoms with van der Waals surface area (Å²) in [6, 6.07) is 19.8. The van der Waals surface area contributed by atoms with Crippen molar-refractivity contribution < 1.29 is 28.6 Å². The van der Waals surface area contributed by atoms with E-state index in [1.807, 2.05) is 6.92 Å². The van der Waals surface area contributed by atoms with E-state index >= 15 is 0 Å². The Kier molecular flexibility index (Phi) is 8.34. The van der Waals surface area contributed by atoms with Crippen LogP contribution in [0.5, 0.6) is 17.2 Å². The molecule has 2 amide bonds. The van der Waals surface area contributed by atoms with E-state index in [1.54, 1.807) is 72.8 Å². The summed E-state index contributed by atoms with van der Waals surface area (Å²) in [6.45, 7) is 2.39. The molecular formula is C25H23N3O6. The number of carbonyl (C=O) groups excluding carboxylic acids is 3. The maximum Gasteiger partial charge on any atom is 0.347 e. The number of methoxy groups -OCH3 is 1. The number of hydrogen-bond acceptors (Lipinski definition) is 7. The van der Waals surface area contributed by atoms with Gasteiger partial charge in [0.2, 0.25) is 0 Å². The highest BCUT2D eigenvalue weighted by Crippen LogP contribution is 2.21. The van der Waals surface area contributed by atoms with Crippen LogP contribution in [0.4, 0.5) is 5.69 Å². The maximum absolute atomic E-state index is 12.4. The molecule has 34 heavy (non-hydrogen) atoms. The molecule has 0 aliphatic heterocycles. The molecule has 2 N–H and O–H groups in total. The minimum absolute atomic E-state index is 0.277. The van der Waals surface area contributed by atoms with Gasteiger partial charge < -0.3 is 19.5 Å². The lowest BCUT2D eigenvalue weighted by Gasteiger charge is -2.08. The smallest absolute Gasteiger partial charge is 0.347 e. The molecule has 3 aromatic carbocycles. The third-order valence-electron chi connectivity index (χ3n) is 4.40. The molecule has 0 aliphatic carbocycles. The minimum Gasteiger partial charge on any atom is -0.496 e. The number of esters is 1. The van der Waals surface area contributed by atoms with Crippen LogP contribution in [0.25, 0.3) is 0 Å². The number of para-hydroxylation sites is 1. The summed E-state index contributed by atoms with van der Waals surface area (Å²) in [6.07, 6.45) is 1.32. The lowest BCUT2D eigenvalue weighted by molar-refractivity contribution is -0.136. The van der Waals surface area contributed by atoms with Crippen molar-refractivity contribution in [2.75, 3.05) is 19.0 Å². The fourth-order valence-corrected chi connectivity index (χ4v) is 2.84. The van der Waals surface area contributed by atoms with Crippen molar-refractivity contribution in [1.29, 1.82) is 0 Å². The predicted octanol–water partition coefficient (Wildman–Crippen LogP) is 3.40. The number of hydrogen-bond donors (Lipinski definition) is 2. The van der Waals surface area contributed by atoms with Gasteiger partial charge in [-0.3, -0.25) is 9.59 Å². The molecule has 0 aliphatic rings. The zero-order valence-electron chi connectivity index (χ0n) is 18.6. The number of anilines is 1. The molecule has 0 radical (unpaired) electrons. The van der Waals surface area contributed by atoms with E-state index in [1.165, 1.54) is 13.3 Å². The lowest BCUT2D eigenvalue weighted by atomic mass is 10.2. The van der Waals surface area contributed by atoms with E-state index in [-0.39, 0.29) is 11.3 Å². The monoisotopic (exact) mass is 461 g/mol. The molecule has 0 saturated carbocycles. The highest BCUT2D eigenvalue weighted by molar-refractivity contribution is 6.39. The molecule has 9 heteroatoms. The summed E-state index contributed by atoms with van der Waals surface area (Å²) in [5.41, 5.74) is 3.42. The Bertz CT molecular complexity index is 1190. The van der Waals surface area contributed by atoms with Gasteiger partial charge >= 0.3 is 17.8 Å². The Morgan fingerprint density at radius 3 is 2.41 bits per heavy atom. The Morgan fingerprint density at radius 1 is 0.912 bits per heavy atom. The lowest BCUT2D eigenvalue weighted by Crippen LogP contribution is -2.32. The van der Waals surface area contributed by atoms with Gasteiger partial charge in [0, 0.05) is 5.69 Å². The van der Waals surface area contributed by atoms with Gasteiger partial charge in [-0.25, -0.2) is 10.2 Å². The molecule has 0 fully saturated rings. The van der Waals surface area contributed by atoms with Gasteiger partial charge in [0.15, 0.2) is 0 Å². The number of benzene rings is 3. The van der Waals surface area contributed by atoms with Gasteiger partial charge in [-0.05, 0) is 61.0 Å². The summed E-state index contributed by atoms with van der Waals surface area (Å²) in [5, 5.41) is 6.25. The number of hydrazone groups is 1. The SMILES string of the molecule is CCOc1ccc(NC(=O)C(=O)N/N=C/c2cccc(OC(=O)c3ccccc3OC)c2)cc1. The van der Waals surface area contributed by atoms with Crippen molar-refractivity contribution in [2.24, 2.45) is 5.10 Å². The molecule has 0 spiro atoms. The average Bonchev–Trinajstić information content (AvgIpc) is 2.85. The van der Waals surface area contributed by atoms with Crippen LogP contribution in [0.15, 0.2) is 77.9 Å². The van der Waals surface area contributed by atoms with Gasteiger partial charge in [0.1, 0.15) is 22.8 Å². The second kappa shape index (κ2) is 11.8. The molecule has 3 rings (SSSR count). The van der Waals surface area contributed by atoms with Gasteiger partial charge in [-0.15, -0.1) is 0 Å². The molecule has 0 atom stereocenters. The first-order valence-electron chi connectivity index (χ1n) is 10.3. The molecule has 0 saturated heterocycles. The van der Waals surface area contributed by atoms with Crippen molar-refractivity contribution in [3.63, 3.8) is 0 Å². The summed E-state index contributed by atoms with van der Waals surface area (Å²) in [7, 11) is 1.47. The molecule has 9 nitrogen and oxygen atoms in total. The van der Waals surface area contributed by atoms with Crippen LogP contribution in [0.2, 0.25) is 0 Å².